The second-order valence-electron chi connectivity index (χ2n) is 11.7. The Labute approximate surface area is 228 Å². The summed E-state index contributed by atoms with van der Waals surface area (Å²) in [5, 5.41) is 15.0. The van der Waals surface area contributed by atoms with E-state index in [9.17, 15) is 32.7 Å². The van der Waals surface area contributed by atoms with E-state index >= 15 is 0 Å². The lowest BCUT2D eigenvalue weighted by molar-refractivity contribution is -0.142. The first-order valence-corrected chi connectivity index (χ1v) is 14.9. The number of hydrogen-bond acceptors (Lipinski definition) is 9. The van der Waals surface area contributed by atoms with Crippen LogP contribution >= 0.6 is 0 Å². The number of fused-ring (bicyclic) bond motifs is 2. The molecule has 0 aromatic carbocycles. The lowest BCUT2D eigenvalue weighted by Crippen LogP contribution is -2.59. The van der Waals surface area contributed by atoms with Gasteiger partial charge in [0.15, 0.2) is 0 Å². The molecule has 0 aromatic heterocycles. The van der Waals surface area contributed by atoms with Gasteiger partial charge in [0, 0.05) is 25.5 Å². The minimum atomic E-state index is -3.85. The van der Waals surface area contributed by atoms with Crippen molar-refractivity contribution in [3.05, 3.63) is 12.2 Å². The fraction of sp³-hybridized carbons (Fsp3) is 0.760. The minimum absolute atomic E-state index is 0.0871. The molecule has 5 atom stereocenters. The SMILES string of the molecule is CC(C)(C)OC(=O)NC1COCCC/C=C\C2CC2(C(=O)NS(=O)(=O)C2CC2)NC(=O)C2CC(O)CN2C1=O. The molecule has 0 aromatic rings. The highest BCUT2D eigenvalue weighted by Crippen LogP contribution is 2.46. The zero-order chi connectivity index (χ0) is 28.6. The van der Waals surface area contributed by atoms with E-state index in [1.165, 1.54) is 0 Å². The van der Waals surface area contributed by atoms with Crippen molar-refractivity contribution in [3.63, 3.8) is 0 Å². The number of nitrogens with one attached hydrogen (secondary N) is 3. The van der Waals surface area contributed by atoms with Gasteiger partial charge in [0.2, 0.25) is 21.8 Å². The highest BCUT2D eigenvalue weighted by atomic mass is 32.2. The Morgan fingerprint density at radius 2 is 1.97 bits per heavy atom. The highest BCUT2D eigenvalue weighted by molar-refractivity contribution is 7.91. The van der Waals surface area contributed by atoms with E-state index in [-0.39, 0.29) is 32.6 Å². The number of carbonyl (C=O) groups excluding carboxylic acids is 4. The highest BCUT2D eigenvalue weighted by Gasteiger charge is 2.62. The molecule has 14 heteroatoms. The number of amides is 4. The quantitative estimate of drug-likeness (QED) is 0.330. The van der Waals surface area contributed by atoms with Crippen molar-refractivity contribution in [2.45, 2.75) is 93.9 Å². The number of rotatable bonds is 4. The van der Waals surface area contributed by atoms with Gasteiger partial charge in [-0.1, -0.05) is 12.2 Å². The van der Waals surface area contributed by atoms with Crippen molar-refractivity contribution in [2.24, 2.45) is 5.92 Å². The topological polar surface area (TPSA) is 180 Å². The van der Waals surface area contributed by atoms with E-state index < -0.39 is 74.3 Å². The minimum Gasteiger partial charge on any atom is -0.444 e. The van der Waals surface area contributed by atoms with Crippen molar-refractivity contribution in [2.75, 3.05) is 19.8 Å². The van der Waals surface area contributed by atoms with Crippen molar-refractivity contribution >= 4 is 33.8 Å². The van der Waals surface area contributed by atoms with Crippen LogP contribution in [-0.2, 0) is 33.9 Å². The Morgan fingerprint density at radius 1 is 1.26 bits per heavy atom. The molecule has 2 heterocycles. The van der Waals surface area contributed by atoms with Crippen molar-refractivity contribution in [3.8, 4) is 0 Å². The third-order valence-electron chi connectivity index (χ3n) is 7.13. The van der Waals surface area contributed by atoms with E-state index in [4.69, 9.17) is 9.47 Å². The summed E-state index contributed by atoms with van der Waals surface area (Å²) in [5.74, 6) is -2.58. The van der Waals surface area contributed by atoms with Crippen LogP contribution in [0.1, 0.15) is 59.3 Å². The van der Waals surface area contributed by atoms with Crippen molar-refractivity contribution in [1.82, 2.24) is 20.3 Å². The summed E-state index contributed by atoms with van der Waals surface area (Å²) in [4.78, 5) is 53.9. The molecule has 4 amide bonds. The Bertz CT molecular complexity index is 1130. The molecule has 2 saturated carbocycles. The van der Waals surface area contributed by atoms with Gasteiger partial charge < -0.3 is 30.1 Å². The molecule has 4 N–H and O–H groups in total. The van der Waals surface area contributed by atoms with Gasteiger partial charge in [-0.05, 0) is 52.9 Å². The predicted molar refractivity (Wildman–Crippen MR) is 138 cm³/mol. The Morgan fingerprint density at radius 3 is 2.64 bits per heavy atom. The molecule has 39 heavy (non-hydrogen) atoms. The standard InChI is InChI=1S/C25H38N4O9S/c1-24(2,3)38-23(34)26-18-14-37-10-6-4-5-7-15-12-25(15,22(33)28-39(35,36)17-8-9-17)27-20(31)19-11-16(30)13-29(19)21(18)32/h5,7,15-19,30H,4,6,8-14H2,1-3H3,(H,26,34)(H,27,31)(H,28,33)/b7-5-. The van der Waals surface area contributed by atoms with Crippen LogP contribution in [-0.4, -0.2) is 96.6 Å². The maximum absolute atomic E-state index is 13.5. The van der Waals surface area contributed by atoms with Crippen LogP contribution in [0.2, 0.25) is 0 Å². The fourth-order valence-corrected chi connectivity index (χ4v) is 6.23. The second-order valence-corrected chi connectivity index (χ2v) is 13.6. The van der Waals surface area contributed by atoms with Crippen LogP contribution in [0.5, 0.6) is 0 Å². The number of allylic oxidation sites excluding steroid dienone is 1. The number of carbonyl (C=O) groups is 4. The molecular formula is C25H38N4O9S. The molecule has 218 valence electrons. The molecule has 13 nitrogen and oxygen atoms in total. The lowest BCUT2D eigenvalue weighted by Gasteiger charge is -2.30. The normalized spacial score (nSPS) is 33.0. The summed E-state index contributed by atoms with van der Waals surface area (Å²) >= 11 is 0. The van der Waals surface area contributed by atoms with Gasteiger partial charge in [-0.2, -0.15) is 0 Å². The first-order valence-electron chi connectivity index (χ1n) is 13.3. The molecule has 3 fully saturated rings. The van der Waals surface area contributed by atoms with E-state index in [2.05, 4.69) is 15.4 Å². The molecule has 5 unspecified atom stereocenters. The lowest BCUT2D eigenvalue weighted by atomic mass is 10.1. The summed E-state index contributed by atoms with van der Waals surface area (Å²) in [5.41, 5.74) is -2.29. The van der Waals surface area contributed by atoms with Gasteiger partial charge in [0.1, 0.15) is 23.2 Å². The van der Waals surface area contributed by atoms with E-state index in [0.717, 1.165) is 4.90 Å². The van der Waals surface area contributed by atoms with Gasteiger partial charge in [-0.15, -0.1) is 0 Å². The number of hydrogen-bond donors (Lipinski definition) is 4. The van der Waals surface area contributed by atoms with Gasteiger partial charge in [0.05, 0.1) is 18.0 Å². The second kappa shape index (κ2) is 11.0. The molecule has 4 aliphatic rings. The average molecular weight is 571 g/mol. The molecule has 0 radical (unpaired) electrons. The number of alkyl carbamates (subject to hydrolysis) is 1. The average Bonchev–Trinajstić information content (AvgIpc) is 3.73. The Kier molecular flexibility index (Phi) is 8.29. The molecule has 0 bridgehead atoms. The summed E-state index contributed by atoms with van der Waals surface area (Å²) in [6, 6.07) is -2.33. The van der Waals surface area contributed by atoms with Crippen LogP contribution in [0.15, 0.2) is 12.2 Å². The van der Waals surface area contributed by atoms with Crippen molar-refractivity contribution < 1.29 is 42.2 Å². The van der Waals surface area contributed by atoms with Crippen LogP contribution in [0, 0.1) is 5.92 Å². The molecule has 4 rings (SSSR count). The number of aliphatic hydroxyl groups is 1. The first-order chi connectivity index (χ1) is 18.2. The third kappa shape index (κ3) is 7.09. The Hall–Kier alpha value is -2.71. The van der Waals surface area contributed by atoms with Gasteiger partial charge >= 0.3 is 6.09 Å². The van der Waals surface area contributed by atoms with E-state index in [0.29, 0.717) is 25.7 Å². The third-order valence-corrected chi connectivity index (χ3v) is 8.95. The molecule has 1 saturated heterocycles. The summed E-state index contributed by atoms with van der Waals surface area (Å²) < 4.78 is 38.0. The van der Waals surface area contributed by atoms with Gasteiger partial charge in [-0.3, -0.25) is 19.1 Å². The smallest absolute Gasteiger partial charge is 0.408 e. The predicted octanol–water partition coefficient (Wildman–Crippen LogP) is -0.309. The zero-order valence-corrected chi connectivity index (χ0v) is 23.3. The molecule has 2 aliphatic heterocycles. The van der Waals surface area contributed by atoms with E-state index in [1.807, 2.05) is 6.08 Å². The first kappa shape index (κ1) is 29.3. The van der Waals surface area contributed by atoms with Crippen LogP contribution in [0.4, 0.5) is 4.79 Å². The summed E-state index contributed by atoms with van der Waals surface area (Å²) in [7, 11) is -3.85. The molecule has 2 aliphatic carbocycles. The number of nitrogens with zero attached hydrogens (tertiary/aromatic N) is 1. The summed E-state index contributed by atoms with van der Waals surface area (Å²) in [6.45, 7) is 4.99. The maximum atomic E-state index is 13.5. The van der Waals surface area contributed by atoms with Crippen LogP contribution in [0.3, 0.4) is 0 Å². The zero-order valence-electron chi connectivity index (χ0n) is 22.5. The Balaban J connectivity index is 1.57. The van der Waals surface area contributed by atoms with Crippen molar-refractivity contribution in [1.29, 1.82) is 0 Å². The van der Waals surface area contributed by atoms with E-state index in [1.54, 1.807) is 26.8 Å². The largest absolute Gasteiger partial charge is 0.444 e. The monoisotopic (exact) mass is 570 g/mol. The molecule has 0 spiro atoms. The number of aliphatic hydroxyl groups excluding tert-OH is 1. The fourth-order valence-electron chi connectivity index (χ4n) is 4.86. The number of sulfonamides is 1. The maximum Gasteiger partial charge on any atom is 0.408 e. The van der Waals surface area contributed by atoms with Gasteiger partial charge in [0.25, 0.3) is 5.91 Å². The van der Waals surface area contributed by atoms with Crippen LogP contribution < -0.4 is 15.4 Å². The van der Waals surface area contributed by atoms with Crippen LogP contribution in [0.25, 0.3) is 0 Å². The van der Waals surface area contributed by atoms with Gasteiger partial charge in [-0.25, -0.2) is 13.2 Å². The molecular weight excluding hydrogens is 532 g/mol. The number of ether oxygens (including phenoxy) is 2. The summed E-state index contributed by atoms with van der Waals surface area (Å²) in [6.07, 6.45) is 4.01.